The molecule has 0 aliphatic rings. The van der Waals surface area contributed by atoms with Crippen molar-refractivity contribution in [2.75, 3.05) is 0 Å². The minimum atomic E-state index is -0.231. The lowest BCUT2D eigenvalue weighted by molar-refractivity contribution is 0.626. The molecule has 0 saturated carbocycles. The molecule has 0 atom stereocenters. The highest BCUT2D eigenvalue weighted by molar-refractivity contribution is 7.98. The SMILES string of the molecule is N#Cc1cc(CSc2ccc(F)cc2)ccn1. The van der Waals surface area contributed by atoms with E-state index < -0.39 is 0 Å². The Morgan fingerprint density at radius 2 is 2.00 bits per heavy atom. The number of rotatable bonds is 3. The number of nitriles is 1. The first-order valence-electron chi connectivity index (χ1n) is 5.01. The van der Waals surface area contributed by atoms with E-state index >= 15 is 0 Å². The van der Waals surface area contributed by atoms with E-state index in [2.05, 4.69) is 4.98 Å². The number of hydrogen-bond donors (Lipinski definition) is 0. The van der Waals surface area contributed by atoms with E-state index in [1.54, 1.807) is 36.2 Å². The molecule has 0 radical (unpaired) electrons. The van der Waals surface area contributed by atoms with E-state index in [9.17, 15) is 4.39 Å². The zero-order valence-electron chi connectivity index (χ0n) is 8.93. The van der Waals surface area contributed by atoms with Crippen molar-refractivity contribution < 1.29 is 4.39 Å². The molecule has 84 valence electrons. The maximum absolute atomic E-state index is 12.7. The Bertz CT molecular complexity index is 546. The maximum Gasteiger partial charge on any atom is 0.140 e. The van der Waals surface area contributed by atoms with Crippen LogP contribution in [0.3, 0.4) is 0 Å². The molecular weight excluding hydrogens is 235 g/mol. The molecule has 17 heavy (non-hydrogen) atoms. The number of hydrogen-bond acceptors (Lipinski definition) is 3. The minimum absolute atomic E-state index is 0.231. The number of thioether (sulfide) groups is 1. The van der Waals surface area contributed by atoms with E-state index in [1.807, 2.05) is 12.1 Å². The van der Waals surface area contributed by atoms with Gasteiger partial charge in [-0.05, 0) is 42.0 Å². The molecule has 0 unspecified atom stereocenters. The van der Waals surface area contributed by atoms with Crippen LogP contribution < -0.4 is 0 Å². The predicted molar refractivity (Wildman–Crippen MR) is 64.9 cm³/mol. The van der Waals surface area contributed by atoms with Crippen molar-refractivity contribution in [3.05, 3.63) is 59.7 Å². The summed E-state index contributed by atoms with van der Waals surface area (Å²) in [4.78, 5) is 4.91. The third-order valence-corrected chi connectivity index (χ3v) is 3.24. The van der Waals surface area contributed by atoms with Gasteiger partial charge in [-0.1, -0.05) is 0 Å². The lowest BCUT2D eigenvalue weighted by atomic mass is 10.2. The van der Waals surface area contributed by atoms with Gasteiger partial charge in [0.25, 0.3) is 0 Å². The number of benzene rings is 1. The van der Waals surface area contributed by atoms with Crippen LogP contribution in [0.5, 0.6) is 0 Å². The molecule has 0 aliphatic heterocycles. The Labute approximate surface area is 103 Å². The van der Waals surface area contributed by atoms with Crippen molar-refractivity contribution in [3.8, 4) is 6.07 Å². The monoisotopic (exact) mass is 244 g/mol. The van der Waals surface area contributed by atoms with Gasteiger partial charge in [-0.15, -0.1) is 11.8 Å². The predicted octanol–water partition coefficient (Wildman–Crippen LogP) is 3.38. The lowest BCUT2D eigenvalue weighted by Crippen LogP contribution is -1.86. The van der Waals surface area contributed by atoms with Gasteiger partial charge in [0, 0.05) is 16.8 Å². The molecule has 1 heterocycles. The van der Waals surface area contributed by atoms with E-state index in [0.717, 1.165) is 16.2 Å². The first-order valence-corrected chi connectivity index (χ1v) is 6.00. The van der Waals surface area contributed by atoms with E-state index in [0.29, 0.717) is 5.69 Å². The van der Waals surface area contributed by atoms with Crippen LogP contribution in [0.25, 0.3) is 0 Å². The molecular formula is C13H9FN2S. The fourth-order valence-corrected chi connectivity index (χ4v) is 2.16. The largest absolute Gasteiger partial charge is 0.246 e. The molecule has 0 aliphatic carbocycles. The summed E-state index contributed by atoms with van der Waals surface area (Å²) < 4.78 is 12.7. The molecule has 0 saturated heterocycles. The van der Waals surface area contributed by atoms with Crippen molar-refractivity contribution in [1.29, 1.82) is 5.26 Å². The average Bonchev–Trinajstić information content (AvgIpc) is 2.38. The fraction of sp³-hybridized carbons (Fsp3) is 0.0769. The number of nitrogens with zero attached hydrogens (tertiary/aromatic N) is 2. The summed E-state index contributed by atoms with van der Waals surface area (Å²) in [6.07, 6.45) is 1.62. The molecule has 0 spiro atoms. The van der Waals surface area contributed by atoms with Gasteiger partial charge in [-0.3, -0.25) is 0 Å². The minimum Gasteiger partial charge on any atom is -0.246 e. The van der Waals surface area contributed by atoms with Gasteiger partial charge >= 0.3 is 0 Å². The van der Waals surface area contributed by atoms with Crippen LogP contribution in [0, 0.1) is 17.1 Å². The summed E-state index contributed by atoms with van der Waals surface area (Å²) in [7, 11) is 0. The second kappa shape index (κ2) is 5.46. The standard InChI is InChI=1S/C13H9FN2S/c14-11-1-3-13(4-2-11)17-9-10-5-6-16-12(7-10)8-15/h1-7H,9H2. The molecule has 2 rings (SSSR count). The quantitative estimate of drug-likeness (QED) is 0.776. The highest BCUT2D eigenvalue weighted by atomic mass is 32.2. The molecule has 0 bridgehead atoms. The molecule has 2 nitrogen and oxygen atoms in total. The summed E-state index contributed by atoms with van der Waals surface area (Å²) in [6.45, 7) is 0. The van der Waals surface area contributed by atoms with Crippen LogP contribution in [0.2, 0.25) is 0 Å². The topological polar surface area (TPSA) is 36.7 Å². The Kier molecular flexibility index (Phi) is 3.73. The zero-order chi connectivity index (χ0) is 12.1. The number of aromatic nitrogens is 1. The van der Waals surface area contributed by atoms with E-state index in [1.165, 1.54) is 12.1 Å². The molecule has 0 N–H and O–H groups in total. The summed E-state index contributed by atoms with van der Waals surface area (Å²) in [5.41, 5.74) is 1.45. The first kappa shape index (κ1) is 11.6. The van der Waals surface area contributed by atoms with Gasteiger partial charge < -0.3 is 0 Å². The summed E-state index contributed by atoms with van der Waals surface area (Å²) >= 11 is 1.60. The van der Waals surface area contributed by atoms with Crippen molar-refractivity contribution >= 4 is 11.8 Å². The smallest absolute Gasteiger partial charge is 0.140 e. The second-order valence-electron chi connectivity index (χ2n) is 3.40. The number of halogens is 1. The van der Waals surface area contributed by atoms with Gasteiger partial charge in [0.05, 0.1) is 0 Å². The van der Waals surface area contributed by atoms with Crippen molar-refractivity contribution in [3.63, 3.8) is 0 Å². The average molecular weight is 244 g/mol. The van der Waals surface area contributed by atoms with Crippen LogP contribution in [0.1, 0.15) is 11.3 Å². The Morgan fingerprint density at radius 1 is 1.24 bits per heavy atom. The van der Waals surface area contributed by atoms with Crippen molar-refractivity contribution in [2.24, 2.45) is 0 Å². The van der Waals surface area contributed by atoms with E-state index in [4.69, 9.17) is 5.26 Å². The van der Waals surface area contributed by atoms with Gasteiger partial charge in [-0.2, -0.15) is 5.26 Å². The molecule has 2 aromatic rings. The summed E-state index contributed by atoms with van der Waals surface area (Å²) in [5, 5.41) is 8.72. The third kappa shape index (κ3) is 3.30. The van der Waals surface area contributed by atoms with Crippen molar-refractivity contribution in [2.45, 2.75) is 10.6 Å². The molecule has 0 amide bonds. The van der Waals surface area contributed by atoms with Crippen molar-refractivity contribution in [1.82, 2.24) is 4.98 Å². The normalized spacial score (nSPS) is 9.88. The zero-order valence-corrected chi connectivity index (χ0v) is 9.75. The van der Waals surface area contributed by atoms with Gasteiger partial charge in [-0.25, -0.2) is 9.37 Å². The molecule has 1 aromatic heterocycles. The van der Waals surface area contributed by atoms with Crippen LogP contribution in [0.4, 0.5) is 4.39 Å². The molecule has 1 aromatic carbocycles. The lowest BCUT2D eigenvalue weighted by Gasteiger charge is -2.02. The Balaban J connectivity index is 2.02. The second-order valence-corrected chi connectivity index (χ2v) is 4.45. The van der Waals surface area contributed by atoms with Crippen LogP contribution in [-0.4, -0.2) is 4.98 Å². The van der Waals surface area contributed by atoms with Crippen LogP contribution in [-0.2, 0) is 5.75 Å². The van der Waals surface area contributed by atoms with E-state index in [-0.39, 0.29) is 5.82 Å². The fourth-order valence-electron chi connectivity index (χ4n) is 1.32. The van der Waals surface area contributed by atoms with Crippen LogP contribution in [0.15, 0.2) is 47.5 Å². The molecule has 0 fully saturated rings. The Hall–Kier alpha value is -1.86. The maximum atomic E-state index is 12.7. The third-order valence-electron chi connectivity index (χ3n) is 2.16. The van der Waals surface area contributed by atoms with Crippen LogP contribution >= 0.6 is 11.8 Å². The van der Waals surface area contributed by atoms with Gasteiger partial charge in [0.2, 0.25) is 0 Å². The highest BCUT2D eigenvalue weighted by Gasteiger charge is 1.99. The molecule has 4 heteroatoms. The summed E-state index contributed by atoms with van der Waals surface area (Å²) in [5.74, 6) is 0.507. The number of pyridine rings is 1. The van der Waals surface area contributed by atoms with Gasteiger partial charge in [0.15, 0.2) is 0 Å². The van der Waals surface area contributed by atoms with Gasteiger partial charge in [0.1, 0.15) is 17.6 Å². The highest BCUT2D eigenvalue weighted by Crippen LogP contribution is 2.22. The summed E-state index contributed by atoms with van der Waals surface area (Å²) in [6, 6.07) is 12.0. The first-order chi connectivity index (χ1) is 8.28. The Morgan fingerprint density at radius 3 is 2.71 bits per heavy atom.